The number of rotatable bonds is 3. The van der Waals surface area contributed by atoms with Gasteiger partial charge in [0.25, 0.3) is 0 Å². The summed E-state index contributed by atoms with van der Waals surface area (Å²) in [5.74, 6) is -1.14. The smallest absolute Gasteiger partial charge is 0.310 e. The molecule has 0 bridgehead atoms. The van der Waals surface area contributed by atoms with Crippen LogP contribution in [-0.4, -0.2) is 12.2 Å². The van der Waals surface area contributed by atoms with Crippen LogP contribution in [0.4, 0.5) is 13.2 Å². The zero-order chi connectivity index (χ0) is 13.9. The Morgan fingerprint density at radius 3 is 2.47 bits per heavy atom. The Kier molecular flexibility index (Phi) is 4.90. The summed E-state index contributed by atoms with van der Waals surface area (Å²) in [6, 6.07) is 7.80. The molecule has 0 amide bonds. The second kappa shape index (κ2) is 6.27. The Morgan fingerprint density at radius 2 is 1.84 bits per heavy atom. The zero-order valence-corrected chi connectivity index (χ0v) is 12.1. The first-order valence-electron chi connectivity index (χ1n) is 6.49. The monoisotopic (exact) mass is 335 g/mol. The number of nitrogens with one attached hydrogen (secondary N) is 1. The molecule has 0 radical (unpaired) electrons. The summed E-state index contributed by atoms with van der Waals surface area (Å²) in [5, 5.41) is 3.24. The normalized spacial score (nSPS) is 24.4. The van der Waals surface area contributed by atoms with Gasteiger partial charge in [0.1, 0.15) is 0 Å². The molecule has 1 aromatic carbocycles. The average molecular weight is 336 g/mol. The Bertz CT molecular complexity index is 402. The van der Waals surface area contributed by atoms with Crippen molar-refractivity contribution in [1.29, 1.82) is 0 Å². The van der Waals surface area contributed by atoms with Crippen molar-refractivity contribution in [2.45, 2.75) is 44.4 Å². The molecule has 1 nitrogen and oxygen atoms in total. The van der Waals surface area contributed by atoms with Gasteiger partial charge in [0, 0.05) is 17.1 Å². The lowest BCUT2D eigenvalue weighted by atomic mass is 9.85. The summed E-state index contributed by atoms with van der Waals surface area (Å²) < 4.78 is 39.1. The highest BCUT2D eigenvalue weighted by molar-refractivity contribution is 9.10. The second-order valence-electron chi connectivity index (χ2n) is 5.11. The van der Waals surface area contributed by atoms with E-state index in [4.69, 9.17) is 0 Å². The molecule has 2 rings (SSSR count). The minimum atomic E-state index is -4.04. The summed E-state index contributed by atoms with van der Waals surface area (Å²) in [6.07, 6.45) is -2.07. The van der Waals surface area contributed by atoms with Gasteiger partial charge in [-0.2, -0.15) is 13.2 Å². The van der Waals surface area contributed by atoms with Gasteiger partial charge >= 0.3 is 6.18 Å². The third-order valence-electron chi connectivity index (χ3n) is 3.65. The molecule has 2 atom stereocenters. The van der Waals surface area contributed by atoms with Gasteiger partial charge in [0.2, 0.25) is 0 Å². The number of halogens is 4. The van der Waals surface area contributed by atoms with E-state index in [1.54, 1.807) is 0 Å². The van der Waals surface area contributed by atoms with Crippen LogP contribution in [0.25, 0.3) is 0 Å². The number of benzene rings is 1. The SMILES string of the molecule is FC(F)(F)C1CCCC(NCc2ccc(Br)cc2)C1. The van der Waals surface area contributed by atoms with E-state index in [1.165, 1.54) is 0 Å². The van der Waals surface area contributed by atoms with E-state index in [9.17, 15) is 13.2 Å². The van der Waals surface area contributed by atoms with Crippen LogP contribution in [-0.2, 0) is 6.54 Å². The molecule has 1 fully saturated rings. The topological polar surface area (TPSA) is 12.0 Å². The van der Waals surface area contributed by atoms with Gasteiger partial charge in [-0.3, -0.25) is 0 Å². The van der Waals surface area contributed by atoms with Crippen molar-refractivity contribution in [3.8, 4) is 0 Å². The molecule has 1 aromatic rings. The molecular weight excluding hydrogens is 319 g/mol. The van der Waals surface area contributed by atoms with Crippen LogP contribution >= 0.6 is 15.9 Å². The zero-order valence-electron chi connectivity index (χ0n) is 10.5. The summed E-state index contributed by atoms with van der Waals surface area (Å²) in [4.78, 5) is 0. The number of hydrogen-bond acceptors (Lipinski definition) is 1. The molecule has 2 unspecified atom stereocenters. The summed E-state index contributed by atoms with van der Waals surface area (Å²) >= 11 is 3.36. The van der Waals surface area contributed by atoms with Crippen molar-refractivity contribution >= 4 is 15.9 Å². The molecule has 0 aromatic heterocycles. The van der Waals surface area contributed by atoms with Crippen LogP contribution in [0.5, 0.6) is 0 Å². The second-order valence-corrected chi connectivity index (χ2v) is 6.03. The summed E-state index contributed by atoms with van der Waals surface area (Å²) in [7, 11) is 0. The van der Waals surface area contributed by atoms with Gasteiger partial charge in [0.15, 0.2) is 0 Å². The fourth-order valence-electron chi connectivity index (χ4n) is 2.54. The van der Waals surface area contributed by atoms with Crippen molar-refractivity contribution in [2.75, 3.05) is 0 Å². The summed E-state index contributed by atoms with van der Waals surface area (Å²) in [5.41, 5.74) is 1.09. The Balaban J connectivity index is 1.84. The fourth-order valence-corrected chi connectivity index (χ4v) is 2.80. The van der Waals surface area contributed by atoms with Gasteiger partial charge in [-0.05, 0) is 37.0 Å². The van der Waals surface area contributed by atoms with E-state index in [0.717, 1.165) is 16.5 Å². The Hall–Kier alpha value is -0.550. The van der Waals surface area contributed by atoms with E-state index < -0.39 is 12.1 Å². The first kappa shape index (κ1) is 14.9. The van der Waals surface area contributed by atoms with Crippen LogP contribution in [0, 0.1) is 5.92 Å². The predicted molar refractivity (Wildman–Crippen MR) is 72.8 cm³/mol. The molecule has 19 heavy (non-hydrogen) atoms. The van der Waals surface area contributed by atoms with Crippen molar-refractivity contribution in [2.24, 2.45) is 5.92 Å². The fraction of sp³-hybridized carbons (Fsp3) is 0.571. The van der Waals surface area contributed by atoms with Gasteiger partial charge in [0.05, 0.1) is 5.92 Å². The minimum absolute atomic E-state index is 0.0241. The number of alkyl halides is 3. The Labute approximate surface area is 119 Å². The van der Waals surface area contributed by atoms with E-state index in [2.05, 4.69) is 21.2 Å². The van der Waals surface area contributed by atoms with Crippen molar-refractivity contribution in [1.82, 2.24) is 5.32 Å². The first-order chi connectivity index (χ1) is 8.95. The Morgan fingerprint density at radius 1 is 1.16 bits per heavy atom. The molecule has 0 aliphatic heterocycles. The quantitative estimate of drug-likeness (QED) is 0.847. The van der Waals surface area contributed by atoms with E-state index in [-0.39, 0.29) is 18.9 Å². The molecule has 1 saturated carbocycles. The lowest BCUT2D eigenvalue weighted by Gasteiger charge is -2.31. The highest BCUT2D eigenvalue weighted by atomic mass is 79.9. The molecule has 1 N–H and O–H groups in total. The first-order valence-corrected chi connectivity index (χ1v) is 7.29. The van der Waals surface area contributed by atoms with Gasteiger partial charge in [-0.1, -0.05) is 34.5 Å². The van der Waals surface area contributed by atoms with Crippen LogP contribution in [0.3, 0.4) is 0 Å². The van der Waals surface area contributed by atoms with Gasteiger partial charge < -0.3 is 5.32 Å². The molecule has 1 aliphatic carbocycles. The average Bonchev–Trinajstić information content (AvgIpc) is 2.37. The highest BCUT2D eigenvalue weighted by Crippen LogP contribution is 2.37. The third-order valence-corrected chi connectivity index (χ3v) is 4.17. The number of hydrogen-bond donors (Lipinski definition) is 1. The lowest BCUT2D eigenvalue weighted by molar-refractivity contribution is -0.183. The molecule has 5 heteroatoms. The maximum absolute atomic E-state index is 12.7. The lowest BCUT2D eigenvalue weighted by Crippen LogP contribution is -2.38. The van der Waals surface area contributed by atoms with Crippen molar-refractivity contribution < 1.29 is 13.2 Å². The summed E-state index contributed by atoms with van der Waals surface area (Å²) in [6.45, 7) is 0.628. The van der Waals surface area contributed by atoms with Crippen molar-refractivity contribution in [3.05, 3.63) is 34.3 Å². The van der Waals surface area contributed by atoms with E-state index in [0.29, 0.717) is 13.0 Å². The largest absolute Gasteiger partial charge is 0.391 e. The third kappa shape index (κ3) is 4.49. The van der Waals surface area contributed by atoms with Crippen LogP contribution in [0.2, 0.25) is 0 Å². The molecule has 1 aliphatic rings. The maximum atomic E-state index is 12.7. The van der Waals surface area contributed by atoms with Crippen molar-refractivity contribution in [3.63, 3.8) is 0 Å². The molecule has 0 spiro atoms. The molecule has 0 heterocycles. The van der Waals surface area contributed by atoms with Crippen LogP contribution in [0.1, 0.15) is 31.2 Å². The molecule has 106 valence electrons. The maximum Gasteiger partial charge on any atom is 0.391 e. The highest BCUT2D eigenvalue weighted by Gasteiger charge is 2.41. The van der Waals surface area contributed by atoms with E-state index in [1.807, 2.05) is 24.3 Å². The van der Waals surface area contributed by atoms with Gasteiger partial charge in [-0.15, -0.1) is 0 Å². The van der Waals surface area contributed by atoms with Gasteiger partial charge in [-0.25, -0.2) is 0 Å². The molecular formula is C14H17BrF3N. The molecule has 0 saturated heterocycles. The predicted octanol–water partition coefficient (Wildman–Crippen LogP) is 4.66. The van der Waals surface area contributed by atoms with Crippen LogP contribution in [0.15, 0.2) is 28.7 Å². The van der Waals surface area contributed by atoms with E-state index >= 15 is 0 Å². The minimum Gasteiger partial charge on any atom is -0.310 e. The standard InChI is InChI=1S/C14H17BrF3N/c15-12-6-4-10(5-7-12)9-19-13-3-1-2-11(8-13)14(16,17)18/h4-7,11,13,19H,1-3,8-9H2. The van der Waals surface area contributed by atoms with Crippen LogP contribution < -0.4 is 5.32 Å².